The SMILES string of the molecule is CC(=O)OC1C[C@H]2C(OC(=O)c3ccccc3)C3[C@](C)(C(OC(C)=O)[C@H](OC(C)=O)C(=C1C)C2(C)C)[C@@H](OC(C)=O)C[C@H]1OC[C@]31OC(C)=O. The van der Waals surface area contributed by atoms with Gasteiger partial charge in [0.25, 0.3) is 0 Å². The van der Waals surface area contributed by atoms with Crippen molar-refractivity contribution in [2.75, 3.05) is 6.61 Å². The summed E-state index contributed by atoms with van der Waals surface area (Å²) >= 11 is 0. The summed E-state index contributed by atoms with van der Waals surface area (Å²) in [4.78, 5) is 78.5. The quantitative estimate of drug-likeness (QED) is 0.228. The fourth-order valence-electron chi connectivity index (χ4n) is 9.24. The molecule has 1 saturated heterocycles. The third kappa shape index (κ3) is 6.29. The fraction of sp³-hybridized carbons (Fsp3) is 0.622. The number of fused-ring (bicyclic) bond motifs is 5. The molecule has 13 heteroatoms. The van der Waals surface area contributed by atoms with E-state index in [9.17, 15) is 28.8 Å². The number of esters is 6. The molecule has 1 aromatic rings. The van der Waals surface area contributed by atoms with E-state index in [1.54, 1.807) is 44.2 Å². The average Bonchev–Trinajstić information content (AvgIpc) is 2.99. The van der Waals surface area contributed by atoms with Gasteiger partial charge in [-0.3, -0.25) is 24.0 Å². The maximum absolute atomic E-state index is 14.1. The Kier molecular flexibility index (Phi) is 9.96. The van der Waals surface area contributed by atoms with Gasteiger partial charge < -0.3 is 33.2 Å². The van der Waals surface area contributed by atoms with Gasteiger partial charge in [0.2, 0.25) is 0 Å². The topological polar surface area (TPSA) is 167 Å². The van der Waals surface area contributed by atoms with E-state index in [-0.39, 0.29) is 25.0 Å². The molecule has 0 N–H and O–H groups in total. The van der Waals surface area contributed by atoms with Crippen LogP contribution in [0.3, 0.4) is 0 Å². The molecule has 5 rings (SSSR count). The van der Waals surface area contributed by atoms with E-state index in [1.165, 1.54) is 34.6 Å². The standard InChI is InChI=1S/C37H46O13/c1-18-26(45-19(2)38)15-25-30(49-34(43)24-13-11-10-12-14-24)32-36(9,27(46-20(3)39)16-28-37(32,17-44-28)50-23(6)42)33(48-22(5)41)31(47-21(4)40)29(18)35(25,7)8/h10-14,25-28,30-33H,15-17H2,1-9H3/t25-,26?,27-,28+,30?,31+,32?,33?,36+,37+/m0/s1. The molecule has 50 heavy (non-hydrogen) atoms. The van der Waals surface area contributed by atoms with Gasteiger partial charge in [-0.05, 0) is 42.0 Å². The van der Waals surface area contributed by atoms with Crippen LogP contribution in [0.2, 0.25) is 0 Å². The molecule has 13 nitrogen and oxygen atoms in total. The van der Waals surface area contributed by atoms with Crippen LogP contribution in [0.4, 0.5) is 0 Å². The molecule has 10 atom stereocenters. The van der Waals surface area contributed by atoms with Crippen molar-refractivity contribution in [3.05, 3.63) is 47.0 Å². The first kappa shape index (κ1) is 37.0. The van der Waals surface area contributed by atoms with Crippen LogP contribution in [0.5, 0.6) is 0 Å². The van der Waals surface area contributed by atoms with E-state index in [1.807, 2.05) is 13.8 Å². The van der Waals surface area contributed by atoms with E-state index in [2.05, 4.69) is 0 Å². The first-order chi connectivity index (χ1) is 23.3. The molecule has 0 spiro atoms. The number of carbonyl (C=O) groups is 6. The second-order valence-electron chi connectivity index (χ2n) is 14.6. The van der Waals surface area contributed by atoms with Gasteiger partial charge in [0.15, 0.2) is 17.8 Å². The summed E-state index contributed by atoms with van der Waals surface area (Å²) in [6.45, 7) is 13.3. The summed E-state index contributed by atoms with van der Waals surface area (Å²) in [6, 6.07) is 8.35. The molecular weight excluding hydrogens is 652 g/mol. The van der Waals surface area contributed by atoms with Crippen LogP contribution in [0.25, 0.3) is 0 Å². The largest absolute Gasteiger partial charge is 0.462 e. The lowest BCUT2D eigenvalue weighted by Gasteiger charge is -2.68. The highest BCUT2D eigenvalue weighted by Gasteiger charge is 2.77. The van der Waals surface area contributed by atoms with Crippen molar-refractivity contribution in [2.24, 2.45) is 22.7 Å². The first-order valence-corrected chi connectivity index (χ1v) is 16.8. The lowest BCUT2D eigenvalue weighted by atomic mass is 9.45. The van der Waals surface area contributed by atoms with Crippen LogP contribution in [-0.4, -0.2) is 84.6 Å². The monoisotopic (exact) mass is 698 g/mol. The zero-order valence-corrected chi connectivity index (χ0v) is 29.9. The van der Waals surface area contributed by atoms with Gasteiger partial charge in [-0.25, -0.2) is 4.79 Å². The van der Waals surface area contributed by atoms with Gasteiger partial charge in [-0.15, -0.1) is 0 Å². The minimum Gasteiger partial charge on any atom is -0.462 e. The van der Waals surface area contributed by atoms with E-state index < -0.39 is 101 Å². The average molecular weight is 699 g/mol. The van der Waals surface area contributed by atoms with Gasteiger partial charge in [-0.2, -0.15) is 0 Å². The van der Waals surface area contributed by atoms with Crippen molar-refractivity contribution in [2.45, 2.75) is 117 Å². The summed E-state index contributed by atoms with van der Waals surface area (Å²) in [7, 11) is 0. The molecule has 1 aromatic carbocycles. The third-order valence-electron chi connectivity index (χ3n) is 11.1. The summed E-state index contributed by atoms with van der Waals surface area (Å²) < 4.78 is 43.1. The van der Waals surface area contributed by atoms with Gasteiger partial charge in [0, 0.05) is 47.0 Å². The van der Waals surface area contributed by atoms with Crippen molar-refractivity contribution in [3.8, 4) is 0 Å². The number of ether oxygens (including phenoxy) is 7. The number of benzene rings is 1. The van der Waals surface area contributed by atoms with Gasteiger partial charge in [0.05, 0.1) is 23.5 Å². The molecule has 272 valence electrons. The predicted molar refractivity (Wildman–Crippen MR) is 173 cm³/mol. The highest BCUT2D eigenvalue weighted by atomic mass is 16.6. The maximum atomic E-state index is 14.1. The molecule has 4 aliphatic rings. The molecule has 2 bridgehead atoms. The maximum Gasteiger partial charge on any atom is 0.338 e. The molecule has 0 aromatic heterocycles. The normalized spacial score (nSPS) is 35.3. The molecular formula is C37H46O13. The fourth-order valence-corrected chi connectivity index (χ4v) is 9.24. The highest BCUT2D eigenvalue weighted by molar-refractivity contribution is 5.89. The van der Waals surface area contributed by atoms with Crippen molar-refractivity contribution < 1.29 is 61.9 Å². The van der Waals surface area contributed by atoms with Gasteiger partial charge in [-0.1, -0.05) is 39.0 Å². The Labute approximate surface area is 291 Å². The van der Waals surface area contributed by atoms with Crippen LogP contribution >= 0.6 is 0 Å². The minimum absolute atomic E-state index is 0.0198. The minimum atomic E-state index is -1.55. The van der Waals surface area contributed by atoms with Crippen LogP contribution in [0.15, 0.2) is 41.5 Å². The second kappa shape index (κ2) is 13.5. The molecule has 1 aliphatic heterocycles. The Hall–Kier alpha value is -4.26. The summed E-state index contributed by atoms with van der Waals surface area (Å²) in [5.41, 5.74) is -2.70. The highest BCUT2D eigenvalue weighted by Crippen LogP contribution is 2.65. The van der Waals surface area contributed by atoms with Gasteiger partial charge >= 0.3 is 35.8 Å². The van der Waals surface area contributed by atoms with Gasteiger partial charge in [0.1, 0.15) is 24.4 Å². The summed E-state index contributed by atoms with van der Waals surface area (Å²) in [5, 5.41) is 0. The van der Waals surface area contributed by atoms with Crippen molar-refractivity contribution in [3.63, 3.8) is 0 Å². The Bertz CT molecular complexity index is 1600. The zero-order valence-electron chi connectivity index (χ0n) is 29.9. The molecule has 0 amide bonds. The van der Waals surface area contributed by atoms with Crippen molar-refractivity contribution >= 4 is 35.8 Å². The Balaban J connectivity index is 1.91. The molecule has 4 unspecified atom stereocenters. The molecule has 3 fully saturated rings. The summed E-state index contributed by atoms with van der Waals surface area (Å²) in [6.07, 6.45) is -6.43. The first-order valence-electron chi connectivity index (χ1n) is 16.8. The van der Waals surface area contributed by atoms with Crippen molar-refractivity contribution in [1.82, 2.24) is 0 Å². The number of hydrogen-bond donors (Lipinski definition) is 0. The molecule has 0 radical (unpaired) electrons. The lowest BCUT2D eigenvalue weighted by Crippen LogP contribution is -2.80. The lowest BCUT2D eigenvalue weighted by molar-refractivity contribution is -0.355. The Morgan fingerprint density at radius 2 is 1.34 bits per heavy atom. The summed E-state index contributed by atoms with van der Waals surface area (Å²) in [5.74, 6) is -5.75. The van der Waals surface area contributed by atoms with Crippen LogP contribution in [0, 0.1) is 22.7 Å². The predicted octanol–water partition coefficient (Wildman–Crippen LogP) is 4.04. The van der Waals surface area contributed by atoms with Crippen LogP contribution in [-0.2, 0) is 57.1 Å². The Morgan fingerprint density at radius 3 is 1.86 bits per heavy atom. The molecule has 2 saturated carbocycles. The van der Waals surface area contributed by atoms with Crippen molar-refractivity contribution in [1.29, 1.82) is 0 Å². The number of hydrogen-bond acceptors (Lipinski definition) is 13. The van der Waals surface area contributed by atoms with Crippen LogP contribution in [0.1, 0.15) is 85.5 Å². The third-order valence-corrected chi connectivity index (χ3v) is 11.1. The molecule has 3 aliphatic carbocycles. The zero-order chi connectivity index (χ0) is 36.9. The van der Waals surface area contributed by atoms with E-state index in [4.69, 9.17) is 33.2 Å². The smallest absolute Gasteiger partial charge is 0.338 e. The molecule has 1 heterocycles. The number of rotatable bonds is 7. The Morgan fingerprint density at radius 1 is 0.740 bits per heavy atom. The van der Waals surface area contributed by atoms with Crippen LogP contribution < -0.4 is 0 Å². The van der Waals surface area contributed by atoms with E-state index in [0.29, 0.717) is 11.1 Å². The van der Waals surface area contributed by atoms with E-state index in [0.717, 1.165) is 0 Å². The number of carbonyl (C=O) groups excluding carboxylic acids is 6. The second-order valence-corrected chi connectivity index (χ2v) is 14.6. The van der Waals surface area contributed by atoms with E-state index >= 15 is 0 Å².